The van der Waals surface area contributed by atoms with Gasteiger partial charge in [-0.15, -0.1) is 0 Å². The Morgan fingerprint density at radius 1 is 1.26 bits per heavy atom. The Labute approximate surface area is 120 Å². The second kappa shape index (κ2) is 5.66. The molecule has 19 heavy (non-hydrogen) atoms. The van der Waals surface area contributed by atoms with Gasteiger partial charge in [0.05, 0.1) is 6.10 Å². The molecule has 2 N–H and O–H groups in total. The number of aliphatic hydroxyl groups excluding tert-OH is 1. The van der Waals surface area contributed by atoms with Crippen molar-refractivity contribution in [1.29, 1.82) is 0 Å². The van der Waals surface area contributed by atoms with Crippen LogP contribution in [-0.4, -0.2) is 49.5 Å². The van der Waals surface area contributed by atoms with E-state index in [9.17, 15) is 5.11 Å². The molecule has 2 aliphatic rings. The summed E-state index contributed by atoms with van der Waals surface area (Å²) in [5, 5.41) is 13.7. The lowest BCUT2D eigenvalue weighted by atomic mass is 10.1. The molecular weight excluding hydrogens is 312 g/mol. The molecule has 104 valence electrons. The molecule has 1 saturated heterocycles. The lowest BCUT2D eigenvalue weighted by Gasteiger charge is -2.29. The topological polar surface area (TPSA) is 54.0 Å². The summed E-state index contributed by atoms with van der Waals surface area (Å²) in [4.78, 5) is 2.26. The Morgan fingerprint density at radius 2 is 1.95 bits per heavy atom. The summed E-state index contributed by atoms with van der Waals surface area (Å²) in [6, 6.07) is 3.72. The molecule has 2 aliphatic heterocycles. The van der Waals surface area contributed by atoms with Crippen LogP contribution in [0, 0.1) is 0 Å². The van der Waals surface area contributed by atoms with E-state index >= 15 is 0 Å². The molecule has 5 nitrogen and oxygen atoms in total. The van der Waals surface area contributed by atoms with Crippen LogP contribution in [0.4, 0.5) is 0 Å². The van der Waals surface area contributed by atoms with Crippen molar-refractivity contribution >= 4 is 15.9 Å². The van der Waals surface area contributed by atoms with Crippen LogP contribution >= 0.6 is 15.9 Å². The second-order valence-electron chi connectivity index (χ2n) is 4.79. The van der Waals surface area contributed by atoms with Gasteiger partial charge in [0, 0.05) is 37.2 Å². The van der Waals surface area contributed by atoms with Gasteiger partial charge in [-0.2, -0.15) is 0 Å². The summed E-state index contributed by atoms with van der Waals surface area (Å²) in [7, 11) is 0. The molecule has 0 aromatic heterocycles. The number of piperazine rings is 1. The van der Waals surface area contributed by atoms with E-state index in [1.54, 1.807) is 0 Å². The number of nitrogens with zero attached hydrogens (tertiary/aromatic N) is 1. The predicted octanol–water partition coefficient (Wildman–Crippen LogP) is 1.12. The summed E-state index contributed by atoms with van der Waals surface area (Å²) in [6.07, 6.45) is -0.526. The fourth-order valence-electron chi connectivity index (χ4n) is 2.42. The summed E-state index contributed by atoms with van der Waals surface area (Å²) >= 11 is 3.49. The monoisotopic (exact) mass is 328 g/mol. The van der Waals surface area contributed by atoms with E-state index in [4.69, 9.17) is 9.47 Å². The zero-order chi connectivity index (χ0) is 13.2. The van der Waals surface area contributed by atoms with Crippen LogP contribution in [-0.2, 0) is 0 Å². The first-order valence-corrected chi connectivity index (χ1v) is 7.23. The number of benzene rings is 1. The third-order valence-corrected chi connectivity index (χ3v) is 4.18. The minimum Gasteiger partial charge on any atom is -0.454 e. The average molecular weight is 329 g/mol. The molecule has 0 saturated carbocycles. The maximum atomic E-state index is 10.4. The molecule has 1 atom stereocenters. The zero-order valence-corrected chi connectivity index (χ0v) is 12.1. The van der Waals surface area contributed by atoms with Crippen LogP contribution in [0.1, 0.15) is 11.7 Å². The van der Waals surface area contributed by atoms with Crippen LogP contribution in [0.5, 0.6) is 11.5 Å². The summed E-state index contributed by atoms with van der Waals surface area (Å²) in [5.74, 6) is 1.43. The van der Waals surface area contributed by atoms with Crippen molar-refractivity contribution in [3.05, 3.63) is 22.2 Å². The number of hydrogen-bond donors (Lipinski definition) is 2. The molecule has 6 heteroatoms. The highest BCUT2D eigenvalue weighted by Crippen LogP contribution is 2.39. The SMILES string of the molecule is OC(CN1CCNCC1)c1cc2c(cc1Br)OCO2. The van der Waals surface area contributed by atoms with Gasteiger partial charge in [0.25, 0.3) is 0 Å². The van der Waals surface area contributed by atoms with Crippen LogP contribution < -0.4 is 14.8 Å². The Hall–Kier alpha value is -0.820. The van der Waals surface area contributed by atoms with Crippen molar-refractivity contribution in [2.45, 2.75) is 6.10 Å². The van der Waals surface area contributed by atoms with Gasteiger partial charge in [0.15, 0.2) is 11.5 Å². The van der Waals surface area contributed by atoms with Crippen molar-refractivity contribution in [2.24, 2.45) is 0 Å². The third-order valence-electron chi connectivity index (χ3n) is 3.49. The van der Waals surface area contributed by atoms with Crippen LogP contribution in [0.15, 0.2) is 16.6 Å². The van der Waals surface area contributed by atoms with Crippen molar-refractivity contribution in [3.8, 4) is 11.5 Å². The average Bonchev–Trinajstić information content (AvgIpc) is 2.86. The Bertz CT molecular complexity index is 463. The number of β-amino-alcohol motifs (C(OH)–C–C–N with tert-alkyl or cyclic N) is 1. The van der Waals surface area contributed by atoms with Gasteiger partial charge in [-0.05, 0) is 17.7 Å². The highest BCUT2D eigenvalue weighted by Gasteiger charge is 2.22. The number of halogens is 1. The standard InChI is InChI=1S/C13H17BrN2O3/c14-10-6-13-12(18-8-19-13)5-9(10)11(17)7-16-3-1-15-2-4-16/h5-6,11,15,17H,1-4,7-8H2. The molecule has 2 heterocycles. The Morgan fingerprint density at radius 3 is 2.68 bits per heavy atom. The van der Waals surface area contributed by atoms with E-state index in [0.717, 1.165) is 42.0 Å². The molecule has 1 aromatic carbocycles. The van der Waals surface area contributed by atoms with Gasteiger partial charge in [-0.3, -0.25) is 4.90 Å². The van der Waals surface area contributed by atoms with E-state index in [1.807, 2.05) is 12.1 Å². The Kier molecular flexibility index (Phi) is 3.93. The van der Waals surface area contributed by atoms with Crippen LogP contribution in [0.2, 0.25) is 0 Å². The summed E-state index contributed by atoms with van der Waals surface area (Å²) in [5.41, 5.74) is 0.850. The molecular formula is C13H17BrN2O3. The number of rotatable bonds is 3. The third kappa shape index (κ3) is 2.86. The molecule has 0 aliphatic carbocycles. The number of hydrogen-bond acceptors (Lipinski definition) is 5. The maximum Gasteiger partial charge on any atom is 0.231 e. The summed E-state index contributed by atoms with van der Waals surface area (Å²) in [6.45, 7) is 4.79. The maximum absolute atomic E-state index is 10.4. The van der Waals surface area contributed by atoms with Gasteiger partial charge in [0.1, 0.15) is 0 Å². The van der Waals surface area contributed by atoms with E-state index in [2.05, 4.69) is 26.1 Å². The van der Waals surface area contributed by atoms with Gasteiger partial charge >= 0.3 is 0 Å². The number of aliphatic hydroxyl groups is 1. The normalized spacial score (nSPS) is 20.5. The smallest absolute Gasteiger partial charge is 0.231 e. The van der Waals surface area contributed by atoms with Crippen molar-refractivity contribution in [2.75, 3.05) is 39.5 Å². The number of fused-ring (bicyclic) bond motifs is 1. The van der Waals surface area contributed by atoms with Crippen LogP contribution in [0.25, 0.3) is 0 Å². The van der Waals surface area contributed by atoms with Crippen molar-refractivity contribution < 1.29 is 14.6 Å². The highest BCUT2D eigenvalue weighted by molar-refractivity contribution is 9.10. The van der Waals surface area contributed by atoms with Gasteiger partial charge < -0.3 is 19.9 Å². The first-order chi connectivity index (χ1) is 9.24. The molecule has 0 spiro atoms. The quantitative estimate of drug-likeness (QED) is 0.870. The van der Waals surface area contributed by atoms with Gasteiger partial charge in [-0.1, -0.05) is 15.9 Å². The lowest BCUT2D eigenvalue weighted by molar-refractivity contribution is 0.105. The lowest BCUT2D eigenvalue weighted by Crippen LogP contribution is -2.45. The van der Waals surface area contributed by atoms with Gasteiger partial charge in [0.2, 0.25) is 6.79 Å². The molecule has 1 fully saturated rings. The van der Waals surface area contributed by atoms with E-state index < -0.39 is 6.10 Å². The minimum atomic E-state index is -0.526. The molecule has 0 radical (unpaired) electrons. The molecule has 0 bridgehead atoms. The van der Waals surface area contributed by atoms with E-state index in [1.165, 1.54) is 0 Å². The van der Waals surface area contributed by atoms with Crippen molar-refractivity contribution in [3.63, 3.8) is 0 Å². The first kappa shape index (κ1) is 13.2. The summed E-state index contributed by atoms with van der Waals surface area (Å²) < 4.78 is 11.5. The van der Waals surface area contributed by atoms with Crippen LogP contribution in [0.3, 0.4) is 0 Å². The molecule has 1 aromatic rings. The fraction of sp³-hybridized carbons (Fsp3) is 0.538. The molecule has 3 rings (SSSR count). The second-order valence-corrected chi connectivity index (χ2v) is 5.65. The zero-order valence-electron chi connectivity index (χ0n) is 10.6. The van der Waals surface area contributed by atoms with Gasteiger partial charge in [-0.25, -0.2) is 0 Å². The highest BCUT2D eigenvalue weighted by atomic mass is 79.9. The largest absolute Gasteiger partial charge is 0.454 e. The number of ether oxygens (including phenoxy) is 2. The Balaban J connectivity index is 1.73. The number of nitrogens with one attached hydrogen (secondary N) is 1. The predicted molar refractivity (Wildman–Crippen MR) is 74.5 cm³/mol. The molecule has 0 amide bonds. The molecule has 1 unspecified atom stereocenters. The first-order valence-electron chi connectivity index (χ1n) is 6.44. The van der Waals surface area contributed by atoms with Crippen molar-refractivity contribution in [1.82, 2.24) is 10.2 Å². The van der Waals surface area contributed by atoms with E-state index in [0.29, 0.717) is 12.3 Å². The van der Waals surface area contributed by atoms with E-state index in [-0.39, 0.29) is 6.79 Å². The fourth-order valence-corrected chi connectivity index (χ4v) is 3.01. The minimum absolute atomic E-state index is 0.249.